The molecule has 1 atom stereocenters. The first-order valence-corrected chi connectivity index (χ1v) is 19.2. The van der Waals surface area contributed by atoms with Gasteiger partial charge in [-0.2, -0.15) is 0 Å². The molecule has 0 bridgehead atoms. The van der Waals surface area contributed by atoms with Crippen LogP contribution in [0.4, 0.5) is 4.79 Å². The maximum absolute atomic E-state index is 13.7. The predicted molar refractivity (Wildman–Crippen MR) is 190 cm³/mol. The summed E-state index contributed by atoms with van der Waals surface area (Å²) in [5.74, 6) is 0.344. The molecule has 0 radical (unpaired) electrons. The van der Waals surface area contributed by atoms with Gasteiger partial charge in [0.2, 0.25) is 0 Å². The highest BCUT2D eigenvalue weighted by Gasteiger charge is 2.26. The van der Waals surface area contributed by atoms with Crippen LogP contribution in [0.25, 0.3) is 11.1 Å². The molecule has 248 valence electrons. The molecule has 0 saturated carbocycles. The molecular formula is C36H36N4O5S3. The molecule has 5 rings (SSSR count). The zero-order valence-electron chi connectivity index (χ0n) is 26.8. The molecule has 1 unspecified atom stereocenters. The number of urea groups is 1. The van der Waals surface area contributed by atoms with E-state index in [0.717, 1.165) is 17.0 Å². The lowest BCUT2D eigenvalue weighted by Crippen LogP contribution is -2.39. The van der Waals surface area contributed by atoms with Gasteiger partial charge in [-0.3, -0.25) is 9.00 Å². The normalized spacial score (nSPS) is 12.1. The van der Waals surface area contributed by atoms with E-state index in [4.69, 9.17) is 4.98 Å². The van der Waals surface area contributed by atoms with Crippen molar-refractivity contribution < 1.29 is 22.2 Å². The number of sulfonamides is 1. The van der Waals surface area contributed by atoms with Crippen molar-refractivity contribution in [1.29, 1.82) is 0 Å². The Kier molecular flexibility index (Phi) is 11.3. The Morgan fingerprint density at radius 3 is 2.12 bits per heavy atom. The highest BCUT2D eigenvalue weighted by Crippen LogP contribution is 2.30. The average Bonchev–Trinajstić information content (AvgIpc) is 3.47. The SMILES string of the molecule is CSc1nc(C(C)C)n(Cc2ccc(-c3ccccc3S(=O)(=O)NC(=O)NCc3ccccc3)cc2)c1C(=O)CS(=O)c1ccccc1. The highest BCUT2D eigenvalue weighted by molar-refractivity contribution is 7.98. The zero-order valence-corrected chi connectivity index (χ0v) is 29.2. The van der Waals surface area contributed by atoms with Gasteiger partial charge in [0.05, 0.1) is 21.4 Å². The Balaban J connectivity index is 1.37. The minimum atomic E-state index is -4.20. The molecule has 0 fully saturated rings. The fraction of sp³-hybridized carbons (Fsp3) is 0.194. The topological polar surface area (TPSA) is 127 Å². The van der Waals surface area contributed by atoms with Crippen LogP contribution in [-0.2, 0) is 33.9 Å². The van der Waals surface area contributed by atoms with E-state index < -0.39 is 26.9 Å². The number of hydrogen-bond donors (Lipinski definition) is 2. The van der Waals surface area contributed by atoms with E-state index in [9.17, 15) is 22.2 Å². The van der Waals surface area contributed by atoms with Gasteiger partial charge in [0, 0.05) is 29.5 Å². The number of nitrogens with one attached hydrogen (secondary N) is 2. The van der Waals surface area contributed by atoms with Crippen LogP contribution in [0.2, 0.25) is 0 Å². The minimum absolute atomic E-state index is 0.0193. The Labute approximate surface area is 287 Å². The number of amides is 2. The van der Waals surface area contributed by atoms with Gasteiger partial charge in [-0.15, -0.1) is 11.8 Å². The van der Waals surface area contributed by atoms with Crippen LogP contribution in [0.15, 0.2) is 124 Å². The molecule has 12 heteroatoms. The summed E-state index contributed by atoms with van der Waals surface area (Å²) in [7, 11) is -5.71. The number of carbonyl (C=O) groups excluding carboxylic acids is 2. The van der Waals surface area contributed by atoms with Crippen LogP contribution >= 0.6 is 11.8 Å². The van der Waals surface area contributed by atoms with Crippen molar-refractivity contribution in [1.82, 2.24) is 19.6 Å². The number of imidazole rings is 1. The van der Waals surface area contributed by atoms with Crippen LogP contribution < -0.4 is 10.0 Å². The summed E-state index contributed by atoms with van der Waals surface area (Å²) in [6.45, 7) is 4.53. The predicted octanol–water partition coefficient (Wildman–Crippen LogP) is 6.62. The Morgan fingerprint density at radius 1 is 0.854 bits per heavy atom. The number of carbonyl (C=O) groups is 2. The number of nitrogens with zero attached hydrogens (tertiary/aromatic N) is 2. The smallest absolute Gasteiger partial charge is 0.328 e. The standard InChI is InChI=1S/C36H36N4O5S3/c1-25(2)34-38-35(46-3)33(31(41)24-47(43)29-14-8-5-9-15-29)40(34)23-27-18-20-28(21-19-27)30-16-10-11-17-32(30)48(44,45)39-36(42)37-22-26-12-6-4-7-13-26/h4-21,25H,22-24H2,1-3H3,(H2,37,39,42). The molecule has 9 nitrogen and oxygen atoms in total. The second-order valence-corrected chi connectivity index (χ2v) is 15.2. The van der Waals surface area contributed by atoms with Gasteiger partial charge in [-0.1, -0.05) is 105 Å². The van der Waals surface area contributed by atoms with E-state index in [0.29, 0.717) is 33.3 Å². The molecule has 1 heterocycles. The lowest BCUT2D eigenvalue weighted by molar-refractivity contribution is 0.101. The molecule has 0 spiro atoms. The maximum Gasteiger partial charge on any atom is 0.328 e. The third-order valence-electron chi connectivity index (χ3n) is 7.51. The van der Waals surface area contributed by atoms with Gasteiger partial charge in [0.1, 0.15) is 16.5 Å². The van der Waals surface area contributed by atoms with Crippen LogP contribution in [0.5, 0.6) is 0 Å². The van der Waals surface area contributed by atoms with Crippen LogP contribution in [-0.4, -0.2) is 46.0 Å². The fourth-order valence-corrected chi connectivity index (χ4v) is 7.97. The molecule has 0 saturated heterocycles. The molecule has 4 aromatic carbocycles. The van der Waals surface area contributed by atoms with E-state index in [1.807, 2.05) is 85.3 Å². The summed E-state index contributed by atoms with van der Waals surface area (Å²) in [6.07, 6.45) is 1.86. The first-order chi connectivity index (χ1) is 23.1. The molecule has 2 N–H and O–H groups in total. The quantitative estimate of drug-likeness (QED) is 0.104. The number of benzene rings is 4. The monoisotopic (exact) mass is 700 g/mol. The van der Waals surface area contributed by atoms with E-state index in [1.165, 1.54) is 17.8 Å². The van der Waals surface area contributed by atoms with Gasteiger partial charge in [0.15, 0.2) is 5.78 Å². The van der Waals surface area contributed by atoms with E-state index in [2.05, 4.69) is 10.0 Å². The van der Waals surface area contributed by atoms with Crippen molar-refractivity contribution in [2.24, 2.45) is 0 Å². The zero-order chi connectivity index (χ0) is 34.3. The Bertz CT molecular complexity index is 2030. The van der Waals surface area contributed by atoms with E-state index >= 15 is 0 Å². The van der Waals surface area contributed by atoms with Gasteiger partial charge in [-0.05, 0) is 41.1 Å². The maximum atomic E-state index is 13.7. The van der Waals surface area contributed by atoms with Crippen molar-refractivity contribution in [3.63, 3.8) is 0 Å². The summed E-state index contributed by atoms with van der Waals surface area (Å²) >= 11 is 1.38. The summed E-state index contributed by atoms with van der Waals surface area (Å²) in [6, 6.07) is 31.1. The third kappa shape index (κ3) is 8.30. The van der Waals surface area contributed by atoms with E-state index in [1.54, 1.807) is 42.5 Å². The molecule has 1 aromatic heterocycles. The van der Waals surface area contributed by atoms with E-state index in [-0.39, 0.29) is 28.9 Å². The third-order valence-corrected chi connectivity index (χ3v) is 10.9. The fourth-order valence-electron chi connectivity index (χ4n) is 5.21. The number of rotatable bonds is 13. The number of hydrogen-bond acceptors (Lipinski definition) is 7. The molecule has 0 aliphatic rings. The minimum Gasteiger partial charge on any atom is -0.333 e. The molecule has 0 aliphatic carbocycles. The summed E-state index contributed by atoms with van der Waals surface area (Å²) in [5, 5.41) is 3.17. The molecule has 2 amide bonds. The Hall–Kier alpha value is -4.52. The van der Waals surface area contributed by atoms with Gasteiger partial charge < -0.3 is 9.88 Å². The van der Waals surface area contributed by atoms with Crippen molar-refractivity contribution in [2.75, 3.05) is 12.0 Å². The van der Waals surface area contributed by atoms with Gasteiger partial charge in [-0.25, -0.2) is 22.9 Å². The summed E-state index contributed by atoms with van der Waals surface area (Å²) in [5.41, 5.74) is 3.20. The van der Waals surface area contributed by atoms with Crippen molar-refractivity contribution in [3.05, 3.63) is 132 Å². The number of Topliss-reactive ketones (excluding diaryl/α,β-unsaturated/α-hetero) is 1. The molecule has 0 aliphatic heterocycles. The van der Waals surface area contributed by atoms with Crippen molar-refractivity contribution in [3.8, 4) is 11.1 Å². The first kappa shape index (κ1) is 34.8. The molecular weight excluding hydrogens is 665 g/mol. The van der Waals surface area contributed by atoms with Crippen molar-refractivity contribution in [2.45, 2.75) is 47.7 Å². The highest BCUT2D eigenvalue weighted by atomic mass is 32.2. The lowest BCUT2D eigenvalue weighted by Gasteiger charge is -2.15. The van der Waals surface area contributed by atoms with Crippen molar-refractivity contribution >= 4 is 44.4 Å². The van der Waals surface area contributed by atoms with Crippen LogP contribution in [0, 0.1) is 0 Å². The Morgan fingerprint density at radius 2 is 1.48 bits per heavy atom. The summed E-state index contributed by atoms with van der Waals surface area (Å²) in [4.78, 5) is 31.5. The number of ketones is 1. The first-order valence-electron chi connectivity index (χ1n) is 15.2. The van der Waals surface area contributed by atoms with Crippen LogP contribution in [0.1, 0.15) is 47.2 Å². The lowest BCUT2D eigenvalue weighted by atomic mass is 10.0. The number of thioether (sulfide) groups is 1. The van der Waals surface area contributed by atoms with Crippen LogP contribution in [0.3, 0.4) is 0 Å². The molecule has 48 heavy (non-hydrogen) atoms. The average molecular weight is 701 g/mol. The second-order valence-electron chi connectivity index (χ2n) is 11.3. The van der Waals surface area contributed by atoms with Gasteiger partial charge in [0.25, 0.3) is 10.0 Å². The summed E-state index contributed by atoms with van der Waals surface area (Å²) < 4.78 is 43.7. The number of aromatic nitrogens is 2. The second kappa shape index (κ2) is 15.6. The van der Waals surface area contributed by atoms with Gasteiger partial charge >= 0.3 is 6.03 Å². The largest absolute Gasteiger partial charge is 0.333 e. The molecule has 5 aromatic rings.